The Morgan fingerprint density at radius 3 is 2.93 bits per heavy atom. The van der Waals surface area contributed by atoms with Crippen LogP contribution in [0.5, 0.6) is 5.75 Å². The summed E-state index contributed by atoms with van der Waals surface area (Å²) in [5.74, 6) is 3.56. The lowest BCUT2D eigenvalue weighted by atomic mass is 9.87. The number of rotatable bonds is 6. The summed E-state index contributed by atoms with van der Waals surface area (Å²) in [7, 11) is 3.61. The number of nitrogens with zero attached hydrogens (tertiary/aromatic N) is 2. The van der Waals surface area contributed by atoms with Crippen molar-refractivity contribution in [1.29, 1.82) is 0 Å². The van der Waals surface area contributed by atoms with Crippen molar-refractivity contribution in [2.75, 3.05) is 52.8 Å². The third-order valence-corrected chi connectivity index (χ3v) is 6.72. The van der Waals surface area contributed by atoms with Crippen molar-refractivity contribution in [3.63, 3.8) is 0 Å². The zero-order valence-corrected chi connectivity index (χ0v) is 19.7. The smallest absolute Gasteiger partial charge is 0.193 e. The molecule has 2 unspecified atom stereocenters. The summed E-state index contributed by atoms with van der Waals surface area (Å²) in [6.45, 7) is 7.17. The molecule has 7 heteroatoms. The Hall–Kier alpha value is -0.670. The number of aliphatic imine (C=N–C) groups is 1. The molecule has 1 spiro atoms. The Labute approximate surface area is 184 Å². The Kier molecular flexibility index (Phi) is 9.01. The highest BCUT2D eigenvalue weighted by atomic mass is 127. The number of likely N-dealkylation sites (tertiary alicyclic amines) is 1. The SMILES string of the molecule is CN=C(NCC(C)CSc1ccccc1OC)N1CCC2(CCOC2)C1.I. The number of thioether (sulfide) groups is 1. The van der Waals surface area contributed by atoms with Gasteiger partial charge >= 0.3 is 0 Å². The van der Waals surface area contributed by atoms with Gasteiger partial charge in [0.25, 0.3) is 0 Å². The molecular formula is C20H32IN3O2S. The minimum Gasteiger partial charge on any atom is -0.496 e. The Morgan fingerprint density at radius 2 is 2.22 bits per heavy atom. The molecule has 152 valence electrons. The van der Waals surface area contributed by atoms with Crippen LogP contribution >= 0.6 is 35.7 Å². The third kappa shape index (κ3) is 5.90. The van der Waals surface area contributed by atoms with Gasteiger partial charge in [0.2, 0.25) is 0 Å². The van der Waals surface area contributed by atoms with Gasteiger partial charge in [-0.15, -0.1) is 35.7 Å². The fourth-order valence-corrected chi connectivity index (χ4v) is 4.76. The summed E-state index contributed by atoms with van der Waals surface area (Å²) in [6, 6.07) is 8.21. The summed E-state index contributed by atoms with van der Waals surface area (Å²) in [6.07, 6.45) is 2.40. The zero-order valence-electron chi connectivity index (χ0n) is 16.6. The number of methoxy groups -OCH3 is 1. The number of ether oxygens (including phenoxy) is 2. The summed E-state index contributed by atoms with van der Waals surface area (Å²) < 4.78 is 11.1. The molecule has 1 aromatic carbocycles. The molecule has 2 fully saturated rings. The van der Waals surface area contributed by atoms with E-state index < -0.39 is 0 Å². The van der Waals surface area contributed by atoms with E-state index in [1.165, 1.54) is 17.7 Å². The molecule has 0 aliphatic carbocycles. The number of nitrogens with one attached hydrogen (secondary N) is 1. The van der Waals surface area contributed by atoms with Crippen LogP contribution in [-0.2, 0) is 4.74 Å². The zero-order chi connectivity index (χ0) is 18.4. The quantitative estimate of drug-likeness (QED) is 0.276. The molecule has 0 amide bonds. The maximum atomic E-state index is 5.64. The van der Waals surface area contributed by atoms with Crippen LogP contribution in [0, 0.1) is 11.3 Å². The molecular weight excluding hydrogens is 473 g/mol. The van der Waals surface area contributed by atoms with Crippen molar-refractivity contribution in [2.24, 2.45) is 16.3 Å². The second-order valence-corrected chi connectivity index (χ2v) is 8.53. The van der Waals surface area contributed by atoms with Crippen molar-refractivity contribution < 1.29 is 9.47 Å². The highest BCUT2D eigenvalue weighted by Gasteiger charge is 2.42. The highest BCUT2D eigenvalue weighted by Crippen LogP contribution is 2.38. The van der Waals surface area contributed by atoms with E-state index in [9.17, 15) is 0 Å². The van der Waals surface area contributed by atoms with Crippen molar-refractivity contribution in [3.8, 4) is 5.75 Å². The van der Waals surface area contributed by atoms with E-state index in [1.54, 1.807) is 7.11 Å². The molecule has 0 saturated carbocycles. The average Bonchev–Trinajstić information content (AvgIpc) is 3.31. The first-order chi connectivity index (χ1) is 12.7. The van der Waals surface area contributed by atoms with E-state index >= 15 is 0 Å². The van der Waals surface area contributed by atoms with Crippen LogP contribution in [0.2, 0.25) is 0 Å². The average molecular weight is 505 g/mol. The maximum Gasteiger partial charge on any atom is 0.193 e. The van der Waals surface area contributed by atoms with Gasteiger partial charge in [-0.3, -0.25) is 4.99 Å². The summed E-state index contributed by atoms with van der Waals surface area (Å²) >= 11 is 1.85. The first kappa shape index (κ1) is 22.6. The second kappa shape index (κ2) is 10.8. The monoisotopic (exact) mass is 505 g/mol. The van der Waals surface area contributed by atoms with Crippen LogP contribution in [0.15, 0.2) is 34.2 Å². The van der Waals surface area contributed by atoms with E-state index in [0.29, 0.717) is 11.3 Å². The predicted molar refractivity (Wildman–Crippen MR) is 124 cm³/mol. The van der Waals surface area contributed by atoms with Gasteiger partial charge in [-0.05, 0) is 30.9 Å². The fraction of sp³-hybridized carbons (Fsp3) is 0.650. The molecule has 2 aliphatic heterocycles. The van der Waals surface area contributed by atoms with E-state index in [4.69, 9.17) is 9.47 Å². The normalized spacial score (nSPS) is 23.4. The van der Waals surface area contributed by atoms with E-state index in [2.05, 4.69) is 34.3 Å². The van der Waals surface area contributed by atoms with Gasteiger partial charge < -0.3 is 19.7 Å². The van der Waals surface area contributed by atoms with Crippen LogP contribution in [0.25, 0.3) is 0 Å². The summed E-state index contributed by atoms with van der Waals surface area (Å²) in [4.78, 5) is 8.11. The first-order valence-corrected chi connectivity index (χ1v) is 10.4. The second-order valence-electron chi connectivity index (χ2n) is 7.47. The standard InChI is InChI=1S/C20H31N3O2S.HI/c1-16(13-26-18-7-5-4-6-17(18)24-3)12-22-19(21-2)23-10-8-20(14-23)9-11-25-15-20;/h4-7,16H,8-15H2,1-3H3,(H,21,22);1H. The molecule has 1 aromatic rings. The topological polar surface area (TPSA) is 46.1 Å². The number of benzene rings is 1. The third-order valence-electron chi connectivity index (χ3n) is 5.34. The molecule has 2 heterocycles. The molecule has 2 atom stereocenters. The summed E-state index contributed by atoms with van der Waals surface area (Å²) in [5.41, 5.74) is 0.364. The predicted octanol–water partition coefficient (Wildman–Crippen LogP) is 3.73. The number of guanidine groups is 1. The minimum absolute atomic E-state index is 0. The lowest BCUT2D eigenvalue weighted by Gasteiger charge is -2.25. The van der Waals surface area contributed by atoms with Gasteiger partial charge in [0.05, 0.1) is 13.7 Å². The van der Waals surface area contributed by atoms with Gasteiger partial charge in [-0.25, -0.2) is 0 Å². The van der Waals surface area contributed by atoms with Crippen LogP contribution in [0.3, 0.4) is 0 Å². The Bertz CT molecular complexity index is 623. The molecule has 3 rings (SSSR count). The highest BCUT2D eigenvalue weighted by molar-refractivity contribution is 14.0. The molecule has 2 aliphatic rings. The molecule has 1 N–H and O–H groups in total. The molecule has 27 heavy (non-hydrogen) atoms. The molecule has 0 radical (unpaired) electrons. The largest absolute Gasteiger partial charge is 0.496 e. The molecule has 0 bridgehead atoms. The van der Waals surface area contributed by atoms with Crippen LogP contribution in [0.4, 0.5) is 0 Å². The van der Waals surface area contributed by atoms with E-state index in [0.717, 1.165) is 50.3 Å². The number of hydrogen-bond acceptors (Lipinski definition) is 4. The Morgan fingerprint density at radius 1 is 1.41 bits per heavy atom. The van der Waals surface area contributed by atoms with Crippen molar-refractivity contribution in [1.82, 2.24) is 10.2 Å². The van der Waals surface area contributed by atoms with Crippen molar-refractivity contribution in [2.45, 2.75) is 24.7 Å². The lowest BCUT2D eigenvalue weighted by molar-refractivity contribution is 0.156. The summed E-state index contributed by atoms with van der Waals surface area (Å²) in [5, 5.41) is 3.57. The molecule has 5 nitrogen and oxygen atoms in total. The van der Waals surface area contributed by atoms with E-state index in [1.807, 2.05) is 30.9 Å². The Balaban J connectivity index is 0.00000261. The molecule has 0 aromatic heterocycles. The van der Waals surface area contributed by atoms with Crippen LogP contribution in [0.1, 0.15) is 19.8 Å². The van der Waals surface area contributed by atoms with Gasteiger partial charge in [-0.1, -0.05) is 19.1 Å². The first-order valence-electron chi connectivity index (χ1n) is 9.45. The lowest BCUT2D eigenvalue weighted by Crippen LogP contribution is -2.43. The van der Waals surface area contributed by atoms with Crippen LogP contribution in [-0.4, -0.2) is 63.6 Å². The van der Waals surface area contributed by atoms with Gasteiger partial charge in [0, 0.05) is 49.4 Å². The number of para-hydroxylation sites is 1. The number of halogens is 1. The molecule has 2 saturated heterocycles. The van der Waals surface area contributed by atoms with Gasteiger partial charge in [-0.2, -0.15) is 0 Å². The van der Waals surface area contributed by atoms with Gasteiger partial charge in [0.15, 0.2) is 5.96 Å². The number of hydrogen-bond donors (Lipinski definition) is 1. The van der Waals surface area contributed by atoms with Crippen molar-refractivity contribution in [3.05, 3.63) is 24.3 Å². The van der Waals surface area contributed by atoms with E-state index in [-0.39, 0.29) is 24.0 Å². The van der Waals surface area contributed by atoms with Crippen molar-refractivity contribution >= 4 is 41.7 Å². The maximum absolute atomic E-state index is 5.64. The van der Waals surface area contributed by atoms with Gasteiger partial charge in [0.1, 0.15) is 5.75 Å². The van der Waals surface area contributed by atoms with Crippen LogP contribution < -0.4 is 10.1 Å². The minimum atomic E-state index is 0. The fourth-order valence-electron chi connectivity index (χ4n) is 3.71.